The zero-order valence-electron chi connectivity index (χ0n) is 11.9. The van der Waals surface area contributed by atoms with Gasteiger partial charge < -0.3 is 16.3 Å². The van der Waals surface area contributed by atoms with E-state index in [9.17, 15) is 0 Å². The Bertz CT molecular complexity index is 444. The molecule has 0 bridgehead atoms. The molecular formula is C15H23N3OS. The second-order valence-electron chi connectivity index (χ2n) is 5.54. The summed E-state index contributed by atoms with van der Waals surface area (Å²) < 4.78 is 0.304. The van der Waals surface area contributed by atoms with Gasteiger partial charge in [-0.3, -0.25) is 0 Å². The van der Waals surface area contributed by atoms with Gasteiger partial charge in [-0.15, -0.1) is 0 Å². The number of oxime groups is 1. The molecule has 4 N–H and O–H groups in total. The molecule has 2 unspecified atom stereocenters. The highest BCUT2D eigenvalue weighted by Crippen LogP contribution is 2.37. The van der Waals surface area contributed by atoms with Crippen molar-refractivity contribution in [3.63, 3.8) is 0 Å². The van der Waals surface area contributed by atoms with Gasteiger partial charge in [-0.05, 0) is 31.1 Å². The quantitative estimate of drug-likeness (QED) is 0.326. The molecule has 0 aliphatic carbocycles. The van der Waals surface area contributed by atoms with Crippen molar-refractivity contribution in [2.45, 2.75) is 37.0 Å². The molecule has 1 aromatic carbocycles. The molecule has 4 nitrogen and oxygen atoms in total. The van der Waals surface area contributed by atoms with Gasteiger partial charge in [-0.1, -0.05) is 35.5 Å². The molecule has 1 aliphatic rings. The van der Waals surface area contributed by atoms with Crippen LogP contribution in [0.3, 0.4) is 0 Å². The molecule has 20 heavy (non-hydrogen) atoms. The number of thioether (sulfide) groups is 1. The van der Waals surface area contributed by atoms with E-state index in [1.165, 1.54) is 24.2 Å². The van der Waals surface area contributed by atoms with Gasteiger partial charge in [0.15, 0.2) is 0 Å². The Kier molecular flexibility index (Phi) is 5.31. The Labute approximate surface area is 124 Å². The number of nitrogens with zero attached hydrogens (tertiary/aromatic N) is 1. The van der Waals surface area contributed by atoms with E-state index < -0.39 is 0 Å². The van der Waals surface area contributed by atoms with Crippen LogP contribution in [0.5, 0.6) is 0 Å². The van der Waals surface area contributed by atoms with Gasteiger partial charge in [-0.25, -0.2) is 0 Å². The summed E-state index contributed by atoms with van der Waals surface area (Å²) in [5, 5.41) is 15.5. The summed E-state index contributed by atoms with van der Waals surface area (Å²) >= 11 is 2.03. The topological polar surface area (TPSA) is 70.6 Å². The van der Waals surface area contributed by atoms with Crippen LogP contribution in [-0.2, 0) is 0 Å². The highest BCUT2D eigenvalue weighted by Gasteiger charge is 2.30. The van der Waals surface area contributed by atoms with Crippen LogP contribution in [-0.4, -0.2) is 28.1 Å². The maximum atomic E-state index is 8.79. The lowest BCUT2D eigenvalue weighted by Crippen LogP contribution is -2.37. The Morgan fingerprint density at radius 1 is 1.50 bits per heavy atom. The van der Waals surface area contributed by atoms with Crippen LogP contribution in [0.2, 0.25) is 0 Å². The molecule has 1 aliphatic heterocycles. The summed E-state index contributed by atoms with van der Waals surface area (Å²) in [4.78, 5) is 0. The van der Waals surface area contributed by atoms with Crippen molar-refractivity contribution >= 4 is 17.6 Å². The van der Waals surface area contributed by atoms with E-state index in [1.807, 2.05) is 30.0 Å². The minimum Gasteiger partial charge on any atom is -0.409 e. The van der Waals surface area contributed by atoms with E-state index in [4.69, 9.17) is 10.9 Å². The van der Waals surface area contributed by atoms with E-state index in [0.717, 1.165) is 6.54 Å². The maximum absolute atomic E-state index is 8.79. The first kappa shape index (κ1) is 15.2. The maximum Gasteiger partial charge on any atom is 0.141 e. The summed E-state index contributed by atoms with van der Waals surface area (Å²) in [5.41, 5.74) is 6.85. The number of hydrogen-bond donors (Lipinski definition) is 3. The summed E-state index contributed by atoms with van der Waals surface area (Å²) in [5.74, 6) is 1.50. The Balaban J connectivity index is 2.03. The number of nitrogens with one attached hydrogen (secondary N) is 1. The van der Waals surface area contributed by atoms with Crippen molar-refractivity contribution in [3.8, 4) is 0 Å². The van der Waals surface area contributed by atoms with Gasteiger partial charge in [0.05, 0.1) is 0 Å². The Morgan fingerprint density at radius 3 is 2.85 bits per heavy atom. The fourth-order valence-electron chi connectivity index (χ4n) is 2.56. The fraction of sp³-hybridized carbons (Fsp3) is 0.533. The van der Waals surface area contributed by atoms with Crippen LogP contribution >= 0.6 is 11.8 Å². The third-order valence-electron chi connectivity index (χ3n) is 3.77. The smallest absolute Gasteiger partial charge is 0.141 e. The Hall–Kier alpha value is -1.20. The number of rotatable bonds is 6. The average molecular weight is 293 g/mol. The summed E-state index contributed by atoms with van der Waals surface area (Å²) in [6.07, 6.45) is 3.05. The molecule has 0 aromatic heterocycles. The molecule has 110 valence electrons. The molecule has 2 atom stereocenters. The van der Waals surface area contributed by atoms with Crippen molar-refractivity contribution in [1.29, 1.82) is 0 Å². The van der Waals surface area contributed by atoms with E-state index in [-0.39, 0.29) is 11.9 Å². The van der Waals surface area contributed by atoms with Crippen LogP contribution in [0.15, 0.2) is 35.5 Å². The van der Waals surface area contributed by atoms with Crippen molar-refractivity contribution in [2.24, 2.45) is 10.9 Å². The van der Waals surface area contributed by atoms with Gasteiger partial charge in [0, 0.05) is 23.8 Å². The monoisotopic (exact) mass is 293 g/mol. The van der Waals surface area contributed by atoms with E-state index in [0.29, 0.717) is 11.2 Å². The van der Waals surface area contributed by atoms with Crippen molar-refractivity contribution in [1.82, 2.24) is 5.32 Å². The van der Waals surface area contributed by atoms with E-state index in [1.54, 1.807) is 0 Å². The first-order valence-electron chi connectivity index (χ1n) is 7.02. The predicted molar refractivity (Wildman–Crippen MR) is 85.3 cm³/mol. The van der Waals surface area contributed by atoms with Crippen molar-refractivity contribution in [2.75, 3.05) is 12.3 Å². The molecule has 0 spiro atoms. The number of hydrogen-bond acceptors (Lipinski definition) is 4. The SMILES string of the molecule is CC1(CNC(C/C(N)=N/O)c2ccccc2)CCCS1. The molecule has 1 heterocycles. The van der Waals surface area contributed by atoms with Crippen LogP contribution in [0, 0.1) is 0 Å². The van der Waals surface area contributed by atoms with E-state index >= 15 is 0 Å². The number of nitrogens with two attached hydrogens (primary N) is 1. The van der Waals surface area contributed by atoms with Gasteiger partial charge >= 0.3 is 0 Å². The van der Waals surface area contributed by atoms with E-state index in [2.05, 4.69) is 29.5 Å². The summed E-state index contributed by atoms with van der Waals surface area (Å²) in [6, 6.07) is 10.3. The molecule has 1 fully saturated rings. The molecule has 0 amide bonds. The summed E-state index contributed by atoms with van der Waals surface area (Å²) in [7, 11) is 0. The van der Waals surface area contributed by atoms with Crippen molar-refractivity contribution in [3.05, 3.63) is 35.9 Å². The average Bonchev–Trinajstić information content (AvgIpc) is 2.91. The van der Waals surface area contributed by atoms with Crippen molar-refractivity contribution < 1.29 is 5.21 Å². The minimum absolute atomic E-state index is 0.0881. The summed E-state index contributed by atoms with van der Waals surface area (Å²) in [6.45, 7) is 3.25. The van der Waals surface area contributed by atoms with Gasteiger partial charge in [0.25, 0.3) is 0 Å². The van der Waals surface area contributed by atoms with Gasteiger partial charge in [0.2, 0.25) is 0 Å². The molecule has 0 radical (unpaired) electrons. The van der Waals surface area contributed by atoms with Crippen LogP contribution in [0.1, 0.15) is 37.8 Å². The largest absolute Gasteiger partial charge is 0.409 e. The Morgan fingerprint density at radius 2 is 2.25 bits per heavy atom. The molecule has 2 rings (SSSR count). The molecule has 1 aromatic rings. The molecule has 1 saturated heterocycles. The zero-order chi connectivity index (χ0) is 14.4. The first-order valence-corrected chi connectivity index (χ1v) is 8.00. The lowest BCUT2D eigenvalue weighted by molar-refractivity contribution is 0.315. The lowest BCUT2D eigenvalue weighted by atomic mass is 10.0. The highest BCUT2D eigenvalue weighted by atomic mass is 32.2. The minimum atomic E-state index is 0.0881. The van der Waals surface area contributed by atoms with Crippen LogP contribution < -0.4 is 11.1 Å². The number of benzene rings is 1. The first-order chi connectivity index (χ1) is 9.63. The molecule has 5 heteroatoms. The lowest BCUT2D eigenvalue weighted by Gasteiger charge is -2.27. The second-order valence-corrected chi connectivity index (χ2v) is 7.22. The van der Waals surface area contributed by atoms with Gasteiger partial charge in [0.1, 0.15) is 5.84 Å². The zero-order valence-corrected chi connectivity index (χ0v) is 12.7. The second kappa shape index (κ2) is 6.99. The third kappa shape index (κ3) is 4.15. The predicted octanol–water partition coefficient (Wildman–Crippen LogP) is 2.74. The molecule has 0 saturated carbocycles. The third-order valence-corrected chi connectivity index (χ3v) is 5.30. The van der Waals surface area contributed by atoms with Gasteiger partial charge in [-0.2, -0.15) is 11.8 Å². The fourth-order valence-corrected chi connectivity index (χ4v) is 3.81. The number of amidine groups is 1. The molecular weight excluding hydrogens is 270 g/mol. The van der Waals surface area contributed by atoms with Crippen LogP contribution in [0.25, 0.3) is 0 Å². The van der Waals surface area contributed by atoms with Crippen LogP contribution in [0.4, 0.5) is 0 Å². The normalized spacial score (nSPS) is 24.8. The standard InChI is InChI=1S/C15H23N3OS/c1-15(8-5-9-20-15)11-17-13(10-14(16)18-19)12-6-3-2-4-7-12/h2-4,6-7,13,17,19H,5,8-11H2,1H3,(H2,16,18). The highest BCUT2D eigenvalue weighted by molar-refractivity contribution is 8.00.